The maximum Gasteiger partial charge on any atom is 0.317 e. The molecule has 1 fully saturated rings. The quantitative estimate of drug-likeness (QED) is 0.881. The van der Waals surface area contributed by atoms with Gasteiger partial charge in [-0.2, -0.15) is 5.26 Å². The minimum Gasteiger partial charge on any atom is -0.390 e. The van der Waals surface area contributed by atoms with Gasteiger partial charge >= 0.3 is 6.03 Å². The normalized spacial score (nSPS) is 23.3. The highest BCUT2D eigenvalue weighted by atomic mass is 16.3. The molecule has 0 saturated carbocycles. The van der Waals surface area contributed by atoms with Crippen molar-refractivity contribution in [2.24, 2.45) is 0 Å². The largest absolute Gasteiger partial charge is 0.390 e. The van der Waals surface area contributed by atoms with Crippen LogP contribution in [0.25, 0.3) is 0 Å². The molecule has 0 aromatic heterocycles. The first kappa shape index (κ1) is 16.3. The van der Waals surface area contributed by atoms with Crippen LogP contribution in [0.4, 0.5) is 4.79 Å². The average Bonchev–Trinajstić information content (AvgIpc) is 2.68. The molecule has 1 aromatic rings. The Morgan fingerprint density at radius 3 is 2.95 bits per heavy atom. The molecule has 2 atom stereocenters. The summed E-state index contributed by atoms with van der Waals surface area (Å²) in [6.45, 7) is 4.95. The monoisotopic (exact) mass is 301 g/mol. The predicted octanol–water partition coefficient (Wildman–Crippen LogP) is 2.57. The van der Waals surface area contributed by atoms with Crippen molar-refractivity contribution in [3.05, 3.63) is 35.4 Å². The third-order valence-electron chi connectivity index (χ3n) is 4.21. The van der Waals surface area contributed by atoms with Crippen LogP contribution in [0.5, 0.6) is 0 Å². The van der Waals surface area contributed by atoms with Crippen LogP contribution in [0.3, 0.4) is 0 Å². The van der Waals surface area contributed by atoms with Crippen LogP contribution < -0.4 is 5.32 Å². The highest BCUT2D eigenvalue weighted by Gasteiger charge is 2.27. The predicted molar refractivity (Wildman–Crippen MR) is 84.2 cm³/mol. The molecular weight excluding hydrogens is 278 g/mol. The Balaban J connectivity index is 1.97. The summed E-state index contributed by atoms with van der Waals surface area (Å²) in [5.41, 5.74) is 0.820. The summed E-state index contributed by atoms with van der Waals surface area (Å²) in [7, 11) is 0. The number of carbonyl (C=O) groups is 1. The van der Waals surface area contributed by atoms with E-state index in [-0.39, 0.29) is 12.1 Å². The van der Waals surface area contributed by atoms with E-state index in [1.54, 1.807) is 17.0 Å². The van der Waals surface area contributed by atoms with Gasteiger partial charge in [0.1, 0.15) is 0 Å². The molecule has 0 aliphatic carbocycles. The molecule has 2 N–H and O–H groups in total. The molecule has 0 unspecified atom stereocenters. The number of nitrogens with one attached hydrogen (secondary N) is 1. The molecular formula is C17H23N3O2. The lowest BCUT2D eigenvalue weighted by molar-refractivity contribution is 0.0456. The van der Waals surface area contributed by atoms with Crippen LogP contribution in [0, 0.1) is 11.3 Å². The first-order valence-corrected chi connectivity index (χ1v) is 7.69. The minimum absolute atomic E-state index is 0.118. The second-order valence-corrected chi connectivity index (χ2v) is 6.25. The van der Waals surface area contributed by atoms with Crippen LogP contribution in [0.2, 0.25) is 0 Å². The number of benzene rings is 1. The van der Waals surface area contributed by atoms with E-state index in [0.29, 0.717) is 25.1 Å². The first-order chi connectivity index (χ1) is 10.4. The van der Waals surface area contributed by atoms with Crippen molar-refractivity contribution in [3.63, 3.8) is 0 Å². The fraction of sp³-hybridized carbons (Fsp3) is 0.529. The second-order valence-electron chi connectivity index (χ2n) is 6.25. The third-order valence-corrected chi connectivity index (χ3v) is 4.21. The van der Waals surface area contributed by atoms with Gasteiger partial charge < -0.3 is 15.3 Å². The van der Waals surface area contributed by atoms with Gasteiger partial charge in [-0.1, -0.05) is 12.1 Å². The van der Waals surface area contributed by atoms with Gasteiger partial charge in [0.05, 0.1) is 23.3 Å². The second kappa shape index (κ2) is 6.80. The molecule has 5 heteroatoms. The highest BCUT2D eigenvalue weighted by Crippen LogP contribution is 2.22. The summed E-state index contributed by atoms with van der Waals surface area (Å²) in [6.07, 6.45) is 2.12. The number of likely N-dealkylation sites (tertiary alicyclic amines) is 1. The van der Waals surface area contributed by atoms with Gasteiger partial charge in [-0.25, -0.2) is 4.79 Å². The first-order valence-electron chi connectivity index (χ1n) is 7.69. The van der Waals surface area contributed by atoms with Gasteiger partial charge in [0, 0.05) is 13.1 Å². The van der Waals surface area contributed by atoms with Gasteiger partial charge in [0.2, 0.25) is 0 Å². The van der Waals surface area contributed by atoms with Crippen LogP contribution in [0.15, 0.2) is 24.3 Å². The molecule has 2 amide bonds. The molecule has 1 aliphatic rings. The summed E-state index contributed by atoms with van der Waals surface area (Å²) in [4.78, 5) is 14.1. The van der Waals surface area contributed by atoms with Crippen molar-refractivity contribution < 1.29 is 9.90 Å². The van der Waals surface area contributed by atoms with Crippen molar-refractivity contribution in [1.82, 2.24) is 10.2 Å². The van der Waals surface area contributed by atoms with Gasteiger partial charge in [0.25, 0.3) is 0 Å². The standard InChI is InChI=1S/C17H23N3O2/c1-13(15-6-3-5-14(11-15)12-18)19-16(21)20-9-4-7-17(2,22)8-10-20/h3,5-6,11,13,22H,4,7-10H2,1-2H3,(H,19,21)/t13-,17+/m1/s1. The van der Waals surface area contributed by atoms with Crippen molar-refractivity contribution in [3.8, 4) is 6.07 Å². The van der Waals surface area contributed by atoms with Crippen molar-refractivity contribution >= 4 is 6.03 Å². The molecule has 2 rings (SSSR count). The van der Waals surface area contributed by atoms with Crippen molar-refractivity contribution in [1.29, 1.82) is 5.26 Å². The van der Waals surface area contributed by atoms with E-state index >= 15 is 0 Å². The molecule has 1 aliphatic heterocycles. The Kier molecular flexibility index (Phi) is 5.04. The lowest BCUT2D eigenvalue weighted by Gasteiger charge is -2.25. The third kappa shape index (κ3) is 4.22. The zero-order valence-electron chi connectivity index (χ0n) is 13.2. The topological polar surface area (TPSA) is 76.4 Å². The van der Waals surface area contributed by atoms with Gasteiger partial charge in [0.15, 0.2) is 0 Å². The highest BCUT2D eigenvalue weighted by molar-refractivity contribution is 5.74. The van der Waals surface area contributed by atoms with E-state index in [0.717, 1.165) is 18.4 Å². The molecule has 1 saturated heterocycles. The Hall–Kier alpha value is -2.06. The van der Waals surface area contributed by atoms with Crippen molar-refractivity contribution in [2.75, 3.05) is 13.1 Å². The van der Waals surface area contributed by atoms with Gasteiger partial charge in [-0.05, 0) is 50.8 Å². The average molecular weight is 301 g/mol. The van der Waals surface area contributed by atoms with E-state index in [9.17, 15) is 9.90 Å². The maximum atomic E-state index is 12.4. The van der Waals surface area contributed by atoms with E-state index in [4.69, 9.17) is 5.26 Å². The molecule has 0 bridgehead atoms. The SMILES string of the molecule is C[C@@H](NC(=O)N1CCC[C@](C)(O)CC1)c1cccc(C#N)c1. The van der Waals surface area contributed by atoms with Gasteiger partial charge in [-0.15, -0.1) is 0 Å². The number of hydrogen-bond acceptors (Lipinski definition) is 3. The Morgan fingerprint density at radius 2 is 2.23 bits per heavy atom. The number of urea groups is 1. The Labute approximate surface area is 131 Å². The molecule has 22 heavy (non-hydrogen) atoms. The molecule has 1 heterocycles. The minimum atomic E-state index is -0.679. The molecule has 0 radical (unpaired) electrons. The number of nitrogens with zero attached hydrogens (tertiary/aromatic N) is 2. The van der Waals surface area contributed by atoms with Crippen LogP contribution in [-0.4, -0.2) is 34.7 Å². The lowest BCUT2D eigenvalue weighted by Crippen LogP contribution is -2.42. The summed E-state index contributed by atoms with van der Waals surface area (Å²) in [5, 5.41) is 22.0. The van der Waals surface area contributed by atoms with Gasteiger partial charge in [-0.3, -0.25) is 0 Å². The number of rotatable bonds is 2. The molecule has 118 valence electrons. The molecule has 5 nitrogen and oxygen atoms in total. The molecule has 0 spiro atoms. The molecule has 1 aromatic carbocycles. The zero-order valence-corrected chi connectivity index (χ0v) is 13.2. The summed E-state index contributed by atoms with van der Waals surface area (Å²) >= 11 is 0. The van der Waals surface area contributed by atoms with E-state index < -0.39 is 5.60 Å². The fourth-order valence-corrected chi connectivity index (χ4v) is 2.70. The lowest BCUT2D eigenvalue weighted by atomic mass is 9.98. The van der Waals surface area contributed by atoms with Crippen LogP contribution >= 0.6 is 0 Å². The zero-order chi connectivity index (χ0) is 16.2. The summed E-state index contributed by atoms with van der Waals surface area (Å²) in [6, 6.07) is 9.08. The summed E-state index contributed by atoms with van der Waals surface area (Å²) < 4.78 is 0. The Bertz CT molecular complexity index is 578. The van der Waals surface area contributed by atoms with E-state index in [2.05, 4.69) is 11.4 Å². The maximum absolute atomic E-state index is 12.4. The Morgan fingerprint density at radius 1 is 1.45 bits per heavy atom. The number of nitriles is 1. The number of aliphatic hydroxyl groups is 1. The fourth-order valence-electron chi connectivity index (χ4n) is 2.70. The van der Waals surface area contributed by atoms with Crippen molar-refractivity contribution in [2.45, 2.75) is 44.8 Å². The van der Waals surface area contributed by atoms with Crippen LogP contribution in [-0.2, 0) is 0 Å². The van der Waals surface area contributed by atoms with Crippen LogP contribution in [0.1, 0.15) is 50.3 Å². The van der Waals surface area contributed by atoms with E-state index in [1.165, 1.54) is 0 Å². The number of carbonyl (C=O) groups excluding carboxylic acids is 1. The summed E-state index contributed by atoms with van der Waals surface area (Å²) in [5.74, 6) is 0. The van der Waals surface area contributed by atoms with E-state index in [1.807, 2.05) is 26.0 Å². The smallest absolute Gasteiger partial charge is 0.317 e. The number of hydrogen-bond donors (Lipinski definition) is 2. The number of amides is 2.